The predicted octanol–water partition coefficient (Wildman–Crippen LogP) is 2.64. The molecule has 126 valence electrons. The maximum atomic E-state index is 6.22. The Hall–Kier alpha value is -1.92. The van der Waals surface area contributed by atoms with Crippen molar-refractivity contribution in [2.75, 3.05) is 38.1 Å². The fraction of sp³-hybridized carbons (Fsp3) is 0.471. The summed E-state index contributed by atoms with van der Waals surface area (Å²) in [5.74, 6) is 1.89. The molecule has 0 amide bonds. The van der Waals surface area contributed by atoms with Gasteiger partial charge in [0, 0.05) is 37.6 Å². The van der Waals surface area contributed by atoms with Crippen LogP contribution in [-0.2, 0) is 6.42 Å². The van der Waals surface area contributed by atoms with Crippen LogP contribution in [0.1, 0.15) is 19.2 Å². The summed E-state index contributed by atoms with van der Waals surface area (Å²) in [6, 6.07) is 5.82. The Morgan fingerprint density at radius 1 is 1.12 bits per heavy atom. The van der Waals surface area contributed by atoms with Crippen LogP contribution < -0.4 is 4.90 Å². The third-order valence-electron chi connectivity index (χ3n) is 4.61. The Bertz CT molecular complexity index is 882. The van der Waals surface area contributed by atoms with E-state index in [1.807, 2.05) is 18.2 Å². The van der Waals surface area contributed by atoms with E-state index in [9.17, 15) is 0 Å². The van der Waals surface area contributed by atoms with Gasteiger partial charge in [-0.15, -0.1) is 10.2 Å². The lowest BCUT2D eigenvalue weighted by atomic mass is 10.2. The van der Waals surface area contributed by atoms with Crippen molar-refractivity contribution >= 4 is 34.1 Å². The van der Waals surface area contributed by atoms with Crippen molar-refractivity contribution < 1.29 is 0 Å². The third kappa shape index (κ3) is 2.59. The molecule has 24 heavy (non-hydrogen) atoms. The fourth-order valence-electron chi connectivity index (χ4n) is 3.26. The maximum absolute atomic E-state index is 6.22. The number of aryl methyl sites for hydroxylation is 1. The molecule has 7 heteroatoms. The maximum Gasteiger partial charge on any atom is 0.204 e. The minimum Gasteiger partial charge on any atom is -0.351 e. The summed E-state index contributed by atoms with van der Waals surface area (Å²) in [7, 11) is 2.15. The smallest absolute Gasteiger partial charge is 0.204 e. The van der Waals surface area contributed by atoms with E-state index in [4.69, 9.17) is 16.6 Å². The monoisotopic (exact) mass is 344 g/mol. The molecule has 0 spiro atoms. The van der Waals surface area contributed by atoms with Crippen LogP contribution >= 0.6 is 11.6 Å². The van der Waals surface area contributed by atoms with Gasteiger partial charge < -0.3 is 9.80 Å². The zero-order valence-electron chi connectivity index (χ0n) is 14.0. The van der Waals surface area contributed by atoms with E-state index in [-0.39, 0.29) is 0 Å². The number of aromatic nitrogens is 4. The van der Waals surface area contributed by atoms with Crippen LogP contribution in [0.25, 0.3) is 16.7 Å². The van der Waals surface area contributed by atoms with Gasteiger partial charge in [-0.3, -0.25) is 4.40 Å². The lowest BCUT2D eigenvalue weighted by Gasteiger charge is -2.33. The van der Waals surface area contributed by atoms with Crippen molar-refractivity contribution in [3.63, 3.8) is 0 Å². The van der Waals surface area contributed by atoms with Gasteiger partial charge in [0.15, 0.2) is 5.82 Å². The largest absolute Gasteiger partial charge is 0.351 e. The highest BCUT2D eigenvalue weighted by Gasteiger charge is 2.22. The Morgan fingerprint density at radius 2 is 1.92 bits per heavy atom. The second-order valence-electron chi connectivity index (χ2n) is 6.38. The van der Waals surface area contributed by atoms with Gasteiger partial charge in [-0.1, -0.05) is 18.5 Å². The molecule has 1 aliphatic rings. The molecule has 6 nitrogen and oxygen atoms in total. The molecule has 0 aliphatic carbocycles. The molecule has 0 unspecified atom stereocenters. The number of fused-ring (bicyclic) bond motifs is 3. The standard InChI is InChI=1S/C17H21ClN6/c1-3-4-15-20-21-17-16(23-9-7-22(2)8-10-23)19-13-6-5-12(18)11-14(13)24(15)17/h5-6,11H,3-4,7-10H2,1-2H3. The predicted molar refractivity (Wildman–Crippen MR) is 97.0 cm³/mol. The van der Waals surface area contributed by atoms with Gasteiger partial charge in [-0.25, -0.2) is 4.98 Å². The molecule has 1 aromatic carbocycles. The van der Waals surface area contributed by atoms with Crippen LogP contribution in [0.4, 0.5) is 5.82 Å². The number of piperazine rings is 1. The molecule has 0 atom stereocenters. The third-order valence-corrected chi connectivity index (χ3v) is 4.85. The zero-order chi connectivity index (χ0) is 16.7. The topological polar surface area (TPSA) is 49.6 Å². The van der Waals surface area contributed by atoms with Gasteiger partial charge in [-0.05, 0) is 31.7 Å². The quantitative estimate of drug-likeness (QED) is 0.731. The first-order valence-corrected chi connectivity index (χ1v) is 8.82. The lowest BCUT2D eigenvalue weighted by molar-refractivity contribution is 0.312. The molecule has 1 saturated heterocycles. The van der Waals surface area contributed by atoms with Crippen molar-refractivity contribution in [2.45, 2.75) is 19.8 Å². The van der Waals surface area contributed by atoms with Crippen LogP contribution in [0.2, 0.25) is 5.02 Å². The Morgan fingerprint density at radius 3 is 2.67 bits per heavy atom. The fourth-order valence-corrected chi connectivity index (χ4v) is 3.43. The number of hydrogen-bond donors (Lipinski definition) is 0. The first-order valence-electron chi connectivity index (χ1n) is 8.44. The van der Waals surface area contributed by atoms with Gasteiger partial charge in [0.2, 0.25) is 5.65 Å². The molecule has 0 saturated carbocycles. The van der Waals surface area contributed by atoms with Crippen molar-refractivity contribution in [3.05, 3.63) is 29.0 Å². The molecule has 0 bridgehead atoms. The van der Waals surface area contributed by atoms with Crippen LogP contribution in [-0.4, -0.2) is 57.7 Å². The van der Waals surface area contributed by atoms with E-state index in [2.05, 4.69) is 38.4 Å². The van der Waals surface area contributed by atoms with Gasteiger partial charge >= 0.3 is 0 Å². The Labute approximate surface area is 146 Å². The number of hydrogen-bond acceptors (Lipinski definition) is 5. The van der Waals surface area contributed by atoms with Gasteiger partial charge in [0.1, 0.15) is 5.82 Å². The van der Waals surface area contributed by atoms with Crippen LogP contribution in [0.5, 0.6) is 0 Å². The second-order valence-corrected chi connectivity index (χ2v) is 6.82. The average molecular weight is 345 g/mol. The zero-order valence-corrected chi connectivity index (χ0v) is 14.8. The van der Waals surface area contributed by atoms with Crippen molar-refractivity contribution in [1.29, 1.82) is 0 Å². The van der Waals surface area contributed by atoms with Crippen molar-refractivity contribution in [1.82, 2.24) is 24.5 Å². The molecule has 4 rings (SSSR count). The highest BCUT2D eigenvalue weighted by atomic mass is 35.5. The molecule has 0 N–H and O–H groups in total. The van der Waals surface area contributed by atoms with E-state index >= 15 is 0 Å². The Balaban J connectivity index is 1.94. The van der Waals surface area contributed by atoms with Crippen LogP contribution in [0.3, 0.4) is 0 Å². The van der Waals surface area contributed by atoms with Crippen LogP contribution in [0.15, 0.2) is 18.2 Å². The number of nitrogens with zero attached hydrogens (tertiary/aromatic N) is 6. The van der Waals surface area contributed by atoms with Gasteiger partial charge in [0.25, 0.3) is 0 Å². The Kier molecular flexibility index (Phi) is 4.02. The average Bonchev–Trinajstić information content (AvgIpc) is 3.00. The lowest BCUT2D eigenvalue weighted by Crippen LogP contribution is -2.45. The molecule has 3 heterocycles. The molecular formula is C17H21ClN6. The van der Waals surface area contributed by atoms with E-state index in [1.165, 1.54) is 0 Å². The molecule has 0 radical (unpaired) electrons. The number of benzene rings is 1. The first-order chi connectivity index (χ1) is 11.7. The second kappa shape index (κ2) is 6.18. The van der Waals surface area contributed by atoms with Crippen molar-refractivity contribution in [3.8, 4) is 0 Å². The minimum absolute atomic E-state index is 0.703. The van der Waals surface area contributed by atoms with E-state index < -0.39 is 0 Å². The van der Waals surface area contributed by atoms with Gasteiger partial charge in [0.05, 0.1) is 11.0 Å². The number of halogens is 1. The first kappa shape index (κ1) is 15.6. The minimum atomic E-state index is 0.703. The molecule has 2 aromatic heterocycles. The molecule has 1 aliphatic heterocycles. The summed E-state index contributed by atoms with van der Waals surface area (Å²) in [6.07, 6.45) is 1.91. The summed E-state index contributed by atoms with van der Waals surface area (Å²) in [5, 5.41) is 9.59. The van der Waals surface area contributed by atoms with Gasteiger partial charge in [-0.2, -0.15) is 0 Å². The number of likely N-dealkylation sites (N-methyl/N-ethyl adjacent to an activating group) is 1. The van der Waals surface area contributed by atoms with E-state index in [1.54, 1.807) is 0 Å². The molecule has 3 aromatic rings. The highest BCUT2D eigenvalue weighted by molar-refractivity contribution is 6.31. The van der Waals surface area contributed by atoms with E-state index in [0.717, 1.165) is 67.3 Å². The summed E-state index contributed by atoms with van der Waals surface area (Å²) in [5.41, 5.74) is 2.74. The number of anilines is 1. The SMILES string of the molecule is CCCc1nnc2c(N3CCN(C)CC3)nc3ccc(Cl)cc3n12. The summed E-state index contributed by atoms with van der Waals surface area (Å²) >= 11 is 6.22. The normalized spacial score (nSPS) is 16.4. The summed E-state index contributed by atoms with van der Waals surface area (Å²) in [6.45, 7) is 6.12. The summed E-state index contributed by atoms with van der Waals surface area (Å²) in [4.78, 5) is 9.54. The van der Waals surface area contributed by atoms with Crippen LogP contribution in [0, 0.1) is 0 Å². The number of rotatable bonds is 3. The molecular weight excluding hydrogens is 324 g/mol. The summed E-state index contributed by atoms with van der Waals surface area (Å²) < 4.78 is 2.13. The van der Waals surface area contributed by atoms with Crippen molar-refractivity contribution in [2.24, 2.45) is 0 Å². The molecule has 1 fully saturated rings. The highest BCUT2D eigenvalue weighted by Crippen LogP contribution is 2.27. The van der Waals surface area contributed by atoms with E-state index in [0.29, 0.717) is 5.02 Å².